The van der Waals surface area contributed by atoms with E-state index in [1.807, 2.05) is 0 Å². The van der Waals surface area contributed by atoms with Crippen molar-refractivity contribution in [3.63, 3.8) is 0 Å². The Morgan fingerprint density at radius 3 is 2.89 bits per heavy atom. The molecule has 3 rings (SSSR count). The van der Waals surface area contributed by atoms with Gasteiger partial charge in [0.2, 0.25) is 12.5 Å². The molecule has 1 aromatic carbocycles. The standard InChI is InChI=1S/C12H9FN2O4/c1-15-9(4-8(14-15)12(16)17)6-2-7(13)11-10(3-6)18-5-19-11/h2-4H,5H2,1H3,(H,16,17). The van der Waals surface area contributed by atoms with E-state index in [4.69, 9.17) is 14.6 Å². The van der Waals surface area contributed by atoms with E-state index >= 15 is 0 Å². The van der Waals surface area contributed by atoms with Gasteiger partial charge in [0.15, 0.2) is 17.3 Å². The molecule has 1 N–H and O–H groups in total. The molecule has 2 heterocycles. The van der Waals surface area contributed by atoms with Crippen LogP contribution in [0.3, 0.4) is 0 Å². The topological polar surface area (TPSA) is 73.6 Å². The molecule has 0 atom stereocenters. The number of halogens is 1. The van der Waals surface area contributed by atoms with Crippen LogP contribution in [0.1, 0.15) is 10.5 Å². The highest BCUT2D eigenvalue weighted by Gasteiger charge is 2.21. The van der Waals surface area contributed by atoms with Gasteiger partial charge in [0.05, 0.1) is 5.69 Å². The SMILES string of the molecule is Cn1nc(C(=O)O)cc1-c1cc(F)c2c(c1)OCO2. The Balaban J connectivity index is 2.12. The van der Waals surface area contributed by atoms with E-state index in [-0.39, 0.29) is 18.2 Å². The number of benzene rings is 1. The maximum atomic E-state index is 13.8. The van der Waals surface area contributed by atoms with E-state index in [9.17, 15) is 9.18 Å². The Bertz CT molecular complexity index is 681. The minimum absolute atomic E-state index is 0.0263. The molecule has 98 valence electrons. The van der Waals surface area contributed by atoms with Gasteiger partial charge in [-0.2, -0.15) is 5.10 Å². The number of carboxylic acid groups (broad SMARTS) is 1. The Labute approximate surface area is 107 Å². The van der Waals surface area contributed by atoms with E-state index in [1.54, 1.807) is 13.1 Å². The number of rotatable bonds is 2. The number of aromatic carboxylic acids is 1. The molecule has 0 radical (unpaired) electrons. The van der Waals surface area contributed by atoms with E-state index in [2.05, 4.69) is 5.10 Å². The third-order valence-electron chi connectivity index (χ3n) is 2.82. The van der Waals surface area contributed by atoms with Crippen LogP contribution in [0.2, 0.25) is 0 Å². The highest BCUT2D eigenvalue weighted by atomic mass is 19.1. The number of aromatic nitrogens is 2. The number of ether oxygens (including phenoxy) is 2. The number of hydrogen-bond acceptors (Lipinski definition) is 4. The molecule has 1 aromatic heterocycles. The fourth-order valence-corrected chi connectivity index (χ4v) is 1.96. The summed E-state index contributed by atoms with van der Waals surface area (Å²) in [4.78, 5) is 10.9. The number of nitrogens with zero attached hydrogens (tertiary/aromatic N) is 2. The monoisotopic (exact) mass is 264 g/mol. The summed E-state index contributed by atoms with van der Waals surface area (Å²) in [5.74, 6) is -1.32. The number of aryl methyl sites for hydroxylation is 1. The van der Waals surface area contributed by atoms with Crippen LogP contribution >= 0.6 is 0 Å². The summed E-state index contributed by atoms with van der Waals surface area (Å²) in [6, 6.07) is 4.23. The van der Waals surface area contributed by atoms with Crippen LogP contribution in [0, 0.1) is 5.82 Å². The average molecular weight is 264 g/mol. The molecule has 0 saturated heterocycles. The number of carbonyl (C=O) groups is 1. The molecule has 0 unspecified atom stereocenters. The first-order valence-corrected chi connectivity index (χ1v) is 5.43. The average Bonchev–Trinajstić information content (AvgIpc) is 2.95. The zero-order chi connectivity index (χ0) is 13.6. The maximum absolute atomic E-state index is 13.8. The smallest absolute Gasteiger partial charge is 0.356 e. The van der Waals surface area contributed by atoms with Crippen molar-refractivity contribution in [3.8, 4) is 22.8 Å². The summed E-state index contributed by atoms with van der Waals surface area (Å²) in [6.45, 7) is -0.0263. The van der Waals surface area contributed by atoms with E-state index in [1.165, 1.54) is 16.8 Å². The van der Waals surface area contributed by atoms with E-state index in [0.717, 1.165) is 0 Å². The van der Waals surface area contributed by atoms with Gasteiger partial charge in [-0.05, 0) is 18.2 Å². The second-order valence-electron chi connectivity index (χ2n) is 4.04. The zero-order valence-corrected chi connectivity index (χ0v) is 9.88. The summed E-state index contributed by atoms with van der Waals surface area (Å²) in [5, 5.41) is 12.7. The van der Waals surface area contributed by atoms with Crippen LogP contribution in [0.25, 0.3) is 11.3 Å². The highest BCUT2D eigenvalue weighted by Crippen LogP contribution is 2.38. The minimum Gasteiger partial charge on any atom is -0.476 e. The van der Waals surface area contributed by atoms with Gasteiger partial charge in [-0.1, -0.05) is 0 Å². The van der Waals surface area contributed by atoms with Gasteiger partial charge in [0.25, 0.3) is 0 Å². The molecule has 0 saturated carbocycles. The molecule has 0 bridgehead atoms. The maximum Gasteiger partial charge on any atom is 0.356 e. The Kier molecular flexibility index (Phi) is 2.41. The van der Waals surface area contributed by atoms with Gasteiger partial charge >= 0.3 is 5.97 Å². The van der Waals surface area contributed by atoms with Crippen molar-refractivity contribution in [3.05, 3.63) is 29.7 Å². The molecule has 19 heavy (non-hydrogen) atoms. The van der Waals surface area contributed by atoms with Crippen LogP contribution in [-0.4, -0.2) is 27.6 Å². The van der Waals surface area contributed by atoms with Crippen molar-refractivity contribution in [2.75, 3.05) is 6.79 Å². The summed E-state index contributed by atoms with van der Waals surface area (Å²) in [5.41, 5.74) is 0.856. The van der Waals surface area contributed by atoms with Crippen LogP contribution in [-0.2, 0) is 7.05 Å². The quantitative estimate of drug-likeness (QED) is 0.892. The van der Waals surface area contributed by atoms with Crippen molar-refractivity contribution in [1.82, 2.24) is 9.78 Å². The largest absolute Gasteiger partial charge is 0.476 e. The number of carboxylic acids is 1. The van der Waals surface area contributed by atoms with Crippen LogP contribution in [0.4, 0.5) is 4.39 Å². The molecule has 1 aliphatic rings. The Hall–Kier alpha value is -2.57. The first kappa shape index (κ1) is 11.5. The van der Waals surface area contributed by atoms with Crippen molar-refractivity contribution >= 4 is 5.97 Å². The van der Waals surface area contributed by atoms with Gasteiger partial charge in [0.1, 0.15) is 0 Å². The molecule has 0 spiro atoms. The highest BCUT2D eigenvalue weighted by molar-refractivity contribution is 5.87. The lowest BCUT2D eigenvalue weighted by molar-refractivity contribution is 0.0689. The van der Waals surface area contributed by atoms with Gasteiger partial charge < -0.3 is 14.6 Å². The van der Waals surface area contributed by atoms with Gasteiger partial charge in [-0.3, -0.25) is 4.68 Å². The number of fused-ring (bicyclic) bond motifs is 1. The van der Waals surface area contributed by atoms with Crippen LogP contribution in [0.5, 0.6) is 11.5 Å². The predicted molar refractivity (Wildman–Crippen MR) is 61.7 cm³/mol. The van der Waals surface area contributed by atoms with Crippen molar-refractivity contribution < 1.29 is 23.8 Å². The molecular formula is C12H9FN2O4. The molecule has 7 heteroatoms. The van der Waals surface area contributed by atoms with Crippen LogP contribution < -0.4 is 9.47 Å². The molecule has 1 aliphatic heterocycles. The van der Waals surface area contributed by atoms with E-state index in [0.29, 0.717) is 17.0 Å². The van der Waals surface area contributed by atoms with Crippen LogP contribution in [0.15, 0.2) is 18.2 Å². The summed E-state index contributed by atoms with van der Waals surface area (Å²) >= 11 is 0. The lowest BCUT2D eigenvalue weighted by Gasteiger charge is -2.04. The lowest BCUT2D eigenvalue weighted by Crippen LogP contribution is -1.99. The normalized spacial score (nSPS) is 12.7. The third-order valence-corrected chi connectivity index (χ3v) is 2.82. The predicted octanol–water partition coefficient (Wildman–Crippen LogP) is 1.65. The number of hydrogen-bond donors (Lipinski definition) is 1. The lowest BCUT2D eigenvalue weighted by atomic mass is 10.1. The molecule has 0 fully saturated rings. The van der Waals surface area contributed by atoms with Crippen molar-refractivity contribution in [2.24, 2.45) is 7.05 Å². The minimum atomic E-state index is -1.14. The fraction of sp³-hybridized carbons (Fsp3) is 0.167. The summed E-state index contributed by atoms with van der Waals surface area (Å²) in [7, 11) is 1.59. The first-order chi connectivity index (χ1) is 9.06. The summed E-state index contributed by atoms with van der Waals surface area (Å²) in [6.07, 6.45) is 0. The molecular weight excluding hydrogens is 255 g/mol. The third kappa shape index (κ3) is 1.79. The second-order valence-corrected chi connectivity index (χ2v) is 4.04. The molecule has 0 amide bonds. The van der Waals surface area contributed by atoms with Gasteiger partial charge in [-0.25, -0.2) is 9.18 Å². The summed E-state index contributed by atoms with van der Waals surface area (Å²) < 4.78 is 25.3. The Morgan fingerprint density at radius 2 is 2.21 bits per heavy atom. The first-order valence-electron chi connectivity index (χ1n) is 5.43. The second kappa shape index (κ2) is 3.98. The van der Waals surface area contributed by atoms with Gasteiger partial charge in [0, 0.05) is 12.6 Å². The molecule has 2 aromatic rings. The molecule has 6 nitrogen and oxygen atoms in total. The molecule has 0 aliphatic carbocycles. The Morgan fingerprint density at radius 1 is 1.42 bits per heavy atom. The van der Waals surface area contributed by atoms with Gasteiger partial charge in [-0.15, -0.1) is 0 Å². The van der Waals surface area contributed by atoms with E-state index < -0.39 is 11.8 Å². The van der Waals surface area contributed by atoms with Crippen molar-refractivity contribution in [1.29, 1.82) is 0 Å². The zero-order valence-electron chi connectivity index (χ0n) is 9.88. The fourth-order valence-electron chi connectivity index (χ4n) is 1.96. The van der Waals surface area contributed by atoms with Crippen molar-refractivity contribution in [2.45, 2.75) is 0 Å².